The SMILES string of the molecule is C[C@H](N)[C@H]1CCCCN1C(=O)c1ccn(-c2ccccc2F)n1. The van der Waals surface area contributed by atoms with Gasteiger partial charge in [0.15, 0.2) is 5.69 Å². The van der Waals surface area contributed by atoms with Gasteiger partial charge in [-0.2, -0.15) is 5.10 Å². The zero-order chi connectivity index (χ0) is 16.4. The first kappa shape index (κ1) is 15.7. The second kappa shape index (κ2) is 6.50. The molecule has 2 N–H and O–H groups in total. The molecule has 5 nitrogen and oxygen atoms in total. The Kier molecular flexibility index (Phi) is 4.43. The van der Waals surface area contributed by atoms with Crippen LogP contribution in [0.4, 0.5) is 4.39 Å². The molecule has 2 heterocycles. The number of carbonyl (C=O) groups excluding carboxylic acids is 1. The van der Waals surface area contributed by atoms with E-state index in [1.807, 2.05) is 11.8 Å². The molecule has 1 aromatic carbocycles. The van der Waals surface area contributed by atoms with Gasteiger partial charge >= 0.3 is 0 Å². The summed E-state index contributed by atoms with van der Waals surface area (Å²) < 4.78 is 15.2. The Labute approximate surface area is 134 Å². The normalized spacial score (nSPS) is 19.6. The maximum absolute atomic E-state index is 13.8. The number of hydrogen-bond donors (Lipinski definition) is 1. The Morgan fingerprint density at radius 2 is 2.13 bits per heavy atom. The number of rotatable bonds is 3. The number of nitrogens with zero attached hydrogens (tertiary/aromatic N) is 3. The molecule has 1 fully saturated rings. The van der Waals surface area contributed by atoms with Gasteiger partial charge in [0.2, 0.25) is 0 Å². The van der Waals surface area contributed by atoms with Crippen molar-refractivity contribution in [2.45, 2.75) is 38.3 Å². The number of amides is 1. The third-order valence-corrected chi connectivity index (χ3v) is 4.32. The van der Waals surface area contributed by atoms with E-state index in [4.69, 9.17) is 5.73 Å². The molecule has 0 saturated carbocycles. The fraction of sp³-hybridized carbons (Fsp3) is 0.412. The minimum atomic E-state index is -0.374. The molecule has 0 unspecified atom stereocenters. The number of benzene rings is 1. The van der Waals surface area contributed by atoms with Crippen LogP contribution in [0.2, 0.25) is 0 Å². The van der Waals surface area contributed by atoms with E-state index in [9.17, 15) is 9.18 Å². The number of para-hydroxylation sites is 1. The van der Waals surface area contributed by atoms with Crippen molar-refractivity contribution >= 4 is 5.91 Å². The van der Waals surface area contributed by atoms with Gasteiger partial charge in [0.25, 0.3) is 5.91 Å². The predicted molar refractivity (Wildman–Crippen MR) is 85.8 cm³/mol. The summed E-state index contributed by atoms with van der Waals surface area (Å²) in [6.45, 7) is 2.62. The molecule has 23 heavy (non-hydrogen) atoms. The highest BCUT2D eigenvalue weighted by Crippen LogP contribution is 2.21. The van der Waals surface area contributed by atoms with E-state index in [-0.39, 0.29) is 23.8 Å². The van der Waals surface area contributed by atoms with E-state index in [0.717, 1.165) is 19.3 Å². The number of carbonyl (C=O) groups is 1. The van der Waals surface area contributed by atoms with Gasteiger partial charge in [-0.15, -0.1) is 0 Å². The van der Waals surface area contributed by atoms with Gasteiger partial charge in [0.05, 0.1) is 0 Å². The summed E-state index contributed by atoms with van der Waals surface area (Å²) in [5.41, 5.74) is 6.67. The smallest absolute Gasteiger partial charge is 0.274 e. The van der Waals surface area contributed by atoms with Crippen LogP contribution >= 0.6 is 0 Å². The molecule has 1 aliphatic heterocycles. The van der Waals surface area contributed by atoms with E-state index in [0.29, 0.717) is 17.9 Å². The van der Waals surface area contributed by atoms with Gasteiger partial charge in [0.1, 0.15) is 11.5 Å². The van der Waals surface area contributed by atoms with Crippen LogP contribution in [0.3, 0.4) is 0 Å². The van der Waals surface area contributed by atoms with Crippen molar-refractivity contribution in [3.05, 3.63) is 48.0 Å². The molecule has 1 aromatic heterocycles. The number of halogens is 1. The molecule has 0 aliphatic carbocycles. The highest BCUT2D eigenvalue weighted by Gasteiger charge is 2.30. The highest BCUT2D eigenvalue weighted by atomic mass is 19.1. The van der Waals surface area contributed by atoms with E-state index in [1.54, 1.807) is 30.5 Å². The van der Waals surface area contributed by atoms with Crippen molar-refractivity contribution in [1.82, 2.24) is 14.7 Å². The topological polar surface area (TPSA) is 64.2 Å². The Hall–Kier alpha value is -2.21. The fourth-order valence-corrected chi connectivity index (χ4v) is 3.11. The third kappa shape index (κ3) is 3.12. The van der Waals surface area contributed by atoms with Crippen molar-refractivity contribution in [1.29, 1.82) is 0 Å². The van der Waals surface area contributed by atoms with Crippen LogP contribution in [-0.4, -0.2) is 39.2 Å². The first-order valence-corrected chi connectivity index (χ1v) is 7.95. The molecule has 1 amide bonds. The van der Waals surface area contributed by atoms with Crippen LogP contribution in [0.15, 0.2) is 36.5 Å². The van der Waals surface area contributed by atoms with Crippen LogP contribution in [0, 0.1) is 5.82 Å². The molecule has 0 bridgehead atoms. The largest absolute Gasteiger partial charge is 0.333 e. The van der Waals surface area contributed by atoms with Gasteiger partial charge in [-0.25, -0.2) is 9.07 Å². The highest BCUT2D eigenvalue weighted by molar-refractivity contribution is 5.92. The van der Waals surface area contributed by atoms with E-state index >= 15 is 0 Å². The molecule has 3 rings (SSSR count). The number of piperidine rings is 1. The van der Waals surface area contributed by atoms with Gasteiger partial charge in [-0.05, 0) is 44.4 Å². The third-order valence-electron chi connectivity index (χ3n) is 4.32. The first-order chi connectivity index (χ1) is 11.1. The van der Waals surface area contributed by atoms with E-state index < -0.39 is 0 Å². The van der Waals surface area contributed by atoms with Crippen LogP contribution in [0.5, 0.6) is 0 Å². The molecule has 0 spiro atoms. The molecular formula is C17H21FN4O. The molecule has 0 radical (unpaired) electrons. The average Bonchev–Trinajstić information content (AvgIpc) is 3.04. The molecule has 2 aromatic rings. The van der Waals surface area contributed by atoms with Crippen molar-refractivity contribution in [2.75, 3.05) is 6.54 Å². The number of nitrogens with two attached hydrogens (primary N) is 1. The predicted octanol–water partition coefficient (Wildman–Crippen LogP) is 2.35. The lowest BCUT2D eigenvalue weighted by molar-refractivity contribution is 0.0577. The fourth-order valence-electron chi connectivity index (χ4n) is 3.11. The summed E-state index contributed by atoms with van der Waals surface area (Å²) in [4.78, 5) is 14.6. The lowest BCUT2D eigenvalue weighted by Gasteiger charge is -2.37. The lowest BCUT2D eigenvalue weighted by Crippen LogP contribution is -2.51. The van der Waals surface area contributed by atoms with Crippen LogP contribution < -0.4 is 5.73 Å². The van der Waals surface area contributed by atoms with Crippen LogP contribution in [0.25, 0.3) is 5.69 Å². The Morgan fingerprint density at radius 3 is 2.87 bits per heavy atom. The molecular weight excluding hydrogens is 295 g/mol. The van der Waals surface area contributed by atoms with Crippen molar-refractivity contribution in [3.8, 4) is 5.69 Å². The van der Waals surface area contributed by atoms with Gasteiger partial charge in [-0.1, -0.05) is 12.1 Å². The van der Waals surface area contributed by atoms with Gasteiger partial charge in [0, 0.05) is 24.8 Å². The monoisotopic (exact) mass is 316 g/mol. The maximum Gasteiger partial charge on any atom is 0.274 e. The maximum atomic E-state index is 13.8. The zero-order valence-electron chi connectivity index (χ0n) is 13.2. The minimum Gasteiger partial charge on any atom is -0.333 e. The molecule has 1 aliphatic rings. The molecule has 6 heteroatoms. The Bertz CT molecular complexity index is 697. The first-order valence-electron chi connectivity index (χ1n) is 7.95. The standard InChI is InChI=1S/C17H21FN4O/c1-12(19)15-7-4-5-10-21(15)17(23)14-9-11-22(20-14)16-8-3-2-6-13(16)18/h2-3,6,8-9,11-12,15H,4-5,7,10,19H2,1H3/t12-,15+/m0/s1. The van der Waals surface area contributed by atoms with Crippen molar-refractivity contribution < 1.29 is 9.18 Å². The summed E-state index contributed by atoms with van der Waals surface area (Å²) >= 11 is 0. The molecule has 122 valence electrons. The lowest BCUT2D eigenvalue weighted by atomic mass is 9.96. The quantitative estimate of drug-likeness (QED) is 0.945. The summed E-state index contributed by atoms with van der Waals surface area (Å²) in [5, 5.41) is 4.25. The number of hydrogen-bond acceptors (Lipinski definition) is 3. The Morgan fingerprint density at radius 1 is 1.35 bits per heavy atom. The van der Waals surface area contributed by atoms with Gasteiger partial charge in [-0.3, -0.25) is 4.79 Å². The summed E-state index contributed by atoms with van der Waals surface area (Å²) in [6.07, 6.45) is 4.58. The number of likely N-dealkylation sites (tertiary alicyclic amines) is 1. The van der Waals surface area contributed by atoms with E-state index in [2.05, 4.69) is 5.10 Å². The minimum absolute atomic E-state index is 0.0369. The van der Waals surface area contributed by atoms with Crippen LogP contribution in [0.1, 0.15) is 36.7 Å². The summed E-state index contributed by atoms with van der Waals surface area (Å²) in [5.74, 6) is -0.511. The zero-order valence-corrected chi connectivity index (χ0v) is 13.2. The van der Waals surface area contributed by atoms with Crippen molar-refractivity contribution in [3.63, 3.8) is 0 Å². The van der Waals surface area contributed by atoms with E-state index in [1.165, 1.54) is 10.7 Å². The molecule has 2 atom stereocenters. The summed E-state index contributed by atoms with van der Waals surface area (Å²) in [7, 11) is 0. The average molecular weight is 316 g/mol. The summed E-state index contributed by atoms with van der Waals surface area (Å²) in [6, 6.07) is 7.94. The number of aromatic nitrogens is 2. The second-order valence-corrected chi connectivity index (χ2v) is 6.02. The Balaban J connectivity index is 1.85. The van der Waals surface area contributed by atoms with Gasteiger partial charge < -0.3 is 10.6 Å². The van der Waals surface area contributed by atoms with Crippen LogP contribution in [-0.2, 0) is 0 Å². The second-order valence-electron chi connectivity index (χ2n) is 6.02. The molecule has 1 saturated heterocycles. The van der Waals surface area contributed by atoms with Crippen molar-refractivity contribution in [2.24, 2.45) is 5.73 Å².